The second-order valence-electron chi connectivity index (χ2n) is 5.90. The third kappa shape index (κ3) is 4.08. The third-order valence-electron chi connectivity index (χ3n) is 3.89. The van der Waals surface area contributed by atoms with Gasteiger partial charge in [0.25, 0.3) is 5.91 Å². The number of halogens is 2. The highest BCUT2D eigenvalue weighted by Crippen LogP contribution is 2.24. The summed E-state index contributed by atoms with van der Waals surface area (Å²) in [6.45, 7) is 3.97. The number of carbonyl (C=O) groups excluding carboxylic acids is 1. The number of para-hydroxylation sites is 1. The molecule has 1 amide bonds. The molecule has 0 atom stereocenters. The van der Waals surface area contributed by atoms with Gasteiger partial charge in [0.1, 0.15) is 12.4 Å². The average molecular weight is 373 g/mol. The van der Waals surface area contributed by atoms with Crippen LogP contribution in [0.4, 0.5) is 14.5 Å². The summed E-state index contributed by atoms with van der Waals surface area (Å²) >= 11 is 1.28. The molecule has 1 N–H and O–H groups in total. The number of hydrogen-bond acceptors (Lipinski definition) is 3. The maximum Gasteiger partial charge on any atom is 0.265 e. The molecule has 0 saturated carbocycles. The van der Waals surface area contributed by atoms with Crippen molar-refractivity contribution in [3.8, 4) is 5.75 Å². The molecule has 2 aromatic carbocycles. The van der Waals surface area contributed by atoms with Gasteiger partial charge in [0, 0.05) is 17.3 Å². The molecule has 0 aliphatic carbocycles. The lowest BCUT2D eigenvalue weighted by molar-refractivity contribution is 0.103. The normalized spacial score (nSPS) is 10.6. The number of carbonyl (C=O) groups is 1. The maximum absolute atomic E-state index is 13.6. The largest absolute Gasteiger partial charge is 0.486 e. The van der Waals surface area contributed by atoms with Gasteiger partial charge in [-0.3, -0.25) is 4.79 Å². The van der Waals surface area contributed by atoms with Crippen LogP contribution in [0.5, 0.6) is 5.75 Å². The van der Waals surface area contributed by atoms with Crippen LogP contribution in [0.25, 0.3) is 0 Å². The number of thiophene rings is 1. The fraction of sp³-hybridized carbons (Fsp3) is 0.150. The quantitative estimate of drug-likeness (QED) is 0.644. The first-order valence-corrected chi connectivity index (χ1v) is 8.85. The van der Waals surface area contributed by atoms with Gasteiger partial charge in [0.2, 0.25) is 0 Å². The Bertz CT molecular complexity index is 932. The van der Waals surface area contributed by atoms with Crippen LogP contribution >= 0.6 is 11.3 Å². The highest BCUT2D eigenvalue weighted by Gasteiger charge is 2.13. The molecule has 3 aromatic rings. The Morgan fingerprint density at radius 2 is 1.85 bits per heavy atom. The first-order chi connectivity index (χ1) is 12.4. The SMILES string of the molecule is Cc1cccc(C)c1NC(=O)c1cc(COc2ccc(F)cc2F)cs1. The lowest BCUT2D eigenvalue weighted by atomic mass is 10.1. The summed E-state index contributed by atoms with van der Waals surface area (Å²) in [5.41, 5.74) is 3.53. The summed E-state index contributed by atoms with van der Waals surface area (Å²) in [5.74, 6) is -1.64. The summed E-state index contributed by atoms with van der Waals surface area (Å²) in [4.78, 5) is 13.0. The molecule has 1 aromatic heterocycles. The lowest BCUT2D eigenvalue weighted by Crippen LogP contribution is -2.12. The van der Waals surface area contributed by atoms with Crippen LogP contribution in [0.2, 0.25) is 0 Å². The van der Waals surface area contributed by atoms with E-state index in [1.54, 1.807) is 11.4 Å². The number of amides is 1. The van der Waals surface area contributed by atoms with Gasteiger partial charge in [0.15, 0.2) is 11.6 Å². The Kier molecular flexibility index (Phi) is 5.32. The summed E-state index contributed by atoms with van der Waals surface area (Å²) in [6.07, 6.45) is 0. The molecule has 1 heterocycles. The topological polar surface area (TPSA) is 38.3 Å². The van der Waals surface area contributed by atoms with Crippen molar-refractivity contribution in [1.29, 1.82) is 0 Å². The van der Waals surface area contributed by atoms with Crippen molar-refractivity contribution in [1.82, 2.24) is 0 Å². The molecule has 134 valence electrons. The molecule has 6 heteroatoms. The van der Waals surface area contributed by atoms with E-state index in [1.165, 1.54) is 17.4 Å². The number of aryl methyl sites for hydroxylation is 2. The summed E-state index contributed by atoms with van der Waals surface area (Å²) in [5, 5.41) is 4.71. The zero-order chi connectivity index (χ0) is 18.7. The zero-order valence-corrected chi connectivity index (χ0v) is 15.1. The predicted molar refractivity (Wildman–Crippen MR) is 98.9 cm³/mol. The number of rotatable bonds is 5. The molecule has 0 aliphatic heterocycles. The first-order valence-electron chi connectivity index (χ1n) is 7.97. The molecule has 0 bridgehead atoms. The van der Waals surface area contributed by atoms with Gasteiger partial charge in [-0.1, -0.05) is 18.2 Å². The van der Waals surface area contributed by atoms with Gasteiger partial charge in [-0.05, 0) is 48.6 Å². The molecule has 0 unspecified atom stereocenters. The highest BCUT2D eigenvalue weighted by atomic mass is 32.1. The summed E-state index contributed by atoms with van der Waals surface area (Å²) in [6, 6.07) is 10.7. The molecule has 3 rings (SSSR count). The highest BCUT2D eigenvalue weighted by molar-refractivity contribution is 7.12. The number of anilines is 1. The average Bonchev–Trinajstić information content (AvgIpc) is 3.06. The second-order valence-corrected chi connectivity index (χ2v) is 6.81. The molecule has 0 saturated heterocycles. The van der Waals surface area contributed by atoms with Crippen molar-refractivity contribution >= 4 is 22.9 Å². The van der Waals surface area contributed by atoms with Crippen LogP contribution in [-0.2, 0) is 6.61 Å². The Balaban J connectivity index is 1.66. The number of ether oxygens (including phenoxy) is 1. The predicted octanol–water partition coefficient (Wildman–Crippen LogP) is 5.47. The van der Waals surface area contributed by atoms with Gasteiger partial charge in [-0.15, -0.1) is 11.3 Å². The van der Waals surface area contributed by atoms with Gasteiger partial charge in [0.05, 0.1) is 4.88 Å². The van der Waals surface area contributed by atoms with Crippen LogP contribution in [0, 0.1) is 25.5 Å². The van der Waals surface area contributed by atoms with E-state index in [0.29, 0.717) is 4.88 Å². The summed E-state index contributed by atoms with van der Waals surface area (Å²) in [7, 11) is 0. The van der Waals surface area contributed by atoms with Gasteiger partial charge in [-0.2, -0.15) is 0 Å². The number of nitrogens with one attached hydrogen (secondary N) is 1. The van der Waals surface area contributed by atoms with E-state index in [4.69, 9.17) is 4.74 Å². The van der Waals surface area contributed by atoms with E-state index >= 15 is 0 Å². The van der Waals surface area contributed by atoms with Crippen molar-refractivity contribution in [3.63, 3.8) is 0 Å². The fourth-order valence-corrected chi connectivity index (χ4v) is 3.30. The van der Waals surface area contributed by atoms with E-state index in [0.717, 1.165) is 34.5 Å². The molecule has 0 radical (unpaired) electrons. The van der Waals surface area contributed by atoms with Crippen LogP contribution in [0.3, 0.4) is 0 Å². The number of benzene rings is 2. The molecule has 3 nitrogen and oxygen atoms in total. The van der Waals surface area contributed by atoms with E-state index < -0.39 is 11.6 Å². The van der Waals surface area contributed by atoms with Gasteiger partial charge in [-0.25, -0.2) is 8.78 Å². The Hall–Kier alpha value is -2.73. The van der Waals surface area contributed by atoms with Crippen molar-refractivity contribution in [3.05, 3.63) is 81.0 Å². The Morgan fingerprint density at radius 3 is 2.54 bits per heavy atom. The Morgan fingerprint density at radius 1 is 1.12 bits per heavy atom. The molecule has 0 fully saturated rings. The standard InChI is InChI=1S/C20H17F2NO2S/c1-12-4-3-5-13(2)19(12)23-20(24)18-8-14(11-26-18)10-25-17-7-6-15(21)9-16(17)22/h3-9,11H,10H2,1-2H3,(H,23,24). The molecule has 0 aliphatic rings. The van der Waals surface area contributed by atoms with Crippen LogP contribution in [0.1, 0.15) is 26.4 Å². The minimum Gasteiger partial charge on any atom is -0.486 e. The van der Waals surface area contributed by atoms with Gasteiger partial charge >= 0.3 is 0 Å². The molecular weight excluding hydrogens is 356 g/mol. The Labute approximate surface area is 154 Å². The molecular formula is C20H17F2NO2S. The van der Waals surface area contributed by atoms with Crippen molar-refractivity contribution in [2.24, 2.45) is 0 Å². The van der Waals surface area contributed by atoms with Crippen molar-refractivity contribution < 1.29 is 18.3 Å². The monoisotopic (exact) mass is 373 g/mol. The summed E-state index contributed by atoms with van der Waals surface area (Å²) < 4.78 is 31.8. The fourth-order valence-electron chi connectivity index (χ4n) is 2.51. The van der Waals surface area contributed by atoms with E-state index in [-0.39, 0.29) is 18.3 Å². The lowest BCUT2D eigenvalue weighted by Gasteiger charge is -2.10. The maximum atomic E-state index is 13.6. The van der Waals surface area contributed by atoms with Crippen LogP contribution in [0.15, 0.2) is 47.8 Å². The third-order valence-corrected chi connectivity index (χ3v) is 4.86. The minimum absolute atomic E-state index is 0.0286. The van der Waals surface area contributed by atoms with Crippen molar-refractivity contribution in [2.75, 3.05) is 5.32 Å². The van der Waals surface area contributed by atoms with Gasteiger partial charge < -0.3 is 10.1 Å². The van der Waals surface area contributed by atoms with Crippen molar-refractivity contribution in [2.45, 2.75) is 20.5 Å². The molecule has 0 spiro atoms. The minimum atomic E-state index is -0.756. The first kappa shape index (κ1) is 18.1. The van der Waals surface area contributed by atoms with Crippen LogP contribution < -0.4 is 10.1 Å². The van der Waals surface area contributed by atoms with E-state index in [1.807, 2.05) is 32.0 Å². The second kappa shape index (κ2) is 7.66. The van der Waals surface area contributed by atoms with E-state index in [2.05, 4.69) is 5.32 Å². The van der Waals surface area contributed by atoms with Crippen LogP contribution in [-0.4, -0.2) is 5.91 Å². The zero-order valence-electron chi connectivity index (χ0n) is 14.3. The molecule has 26 heavy (non-hydrogen) atoms. The number of hydrogen-bond donors (Lipinski definition) is 1. The smallest absolute Gasteiger partial charge is 0.265 e. The van der Waals surface area contributed by atoms with E-state index in [9.17, 15) is 13.6 Å².